The highest BCUT2D eigenvalue weighted by Crippen LogP contribution is 2.51. The number of allylic oxidation sites excluding steroid dienone is 2. The van der Waals surface area contributed by atoms with Gasteiger partial charge in [-0.2, -0.15) is 0 Å². The Morgan fingerprint density at radius 1 is 0.192 bits per heavy atom. The molecule has 8 aliphatic carbocycles. The lowest BCUT2D eigenvalue weighted by Gasteiger charge is -2.50. The predicted octanol–water partition coefficient (Wildman–Crippen LogP) is 14.5. The first-order valence-electron chi connectivity index (χ1n) is 25.1. The summed E-state index contributed by atoms with van der Waals surface area (Å²) in [6.45, 7) is 0. The zero-order valence-electron chi connectivity index (χ0n) is 34.5. The maximum Gasteiger partial charge on any atom is 0.0102 e. The van der Waals surface area contributed by atoms with Crippen molar-refractivity contribution in [1.82, 2.24) is 9.80 Å². The van der Waals surface area contributed by atoms with Gasteiger partial charge < -0.3 is 0 Å². The highest BCUT2D eigenvalue weighted by molar-refractivity contribution is 5.27. The zero-order valence-corrected chi connectivity index (χ0v) is 34.5. The average Bonchev–Trinajstić information content (AvgIpc) is 3.23. The lowest BCUT2D eigenvalue weighted by molar-refractivity contribution is 0.0151. The predicted molar refractivity (Wildman–Crippen MR) is 223 cm³/mol. The Balaban J connectivity index is 1.03. The van der Waals surface area contributed by atoms with E-state index in [4.69, 9.17) is 0 Å². The van der Waals surface area contributed by atoms with E-state index in [2.05, 4.69) is 20.9 Å². The van der Waals surface area contributed by atoms with E-state index < -0.39 is 0 Å². The molecule has 296 valence electrons. The van der Waals surface area contributed by atoms with Crippen molar-refractivity contribution in [3.63, 3.8) is 0 Å². The van der Waals surface area contributed by atoms with Crippen LogP contribution in [-0.4, -0.2) is 46.1 Å². The van der Waals surface area contributed by atoms with Crippen LogP contribution in [0.3, 0.4) is 0 Å². The second-order valence-electron chi connectivity index (χ2n) is 20.7. The molecule has 0 aromatic heterocycles. The van der Waals surface area contributed by atoms with Gasteiger partial charge in [-0.05, 0) is 152 Å². The van der Waals surface area contributed by atoms with Crippen LogP contribution in [0, 0.1) is 23.7 Å². The van der Waals surface area contributed by atoms with Crippen LogP contribution < -0.4 is 0 Å². The smallest absolute Gasteiger partial charge is 0.0102 e. The molecule has 0 amide bonds. The first-order valence-corrected chi connectivity index (χ1v) is 25.1. The summed E-state index contributed by atoms with van der Waals surface area (Å²) < 4.78 is 0. The third-order valence-electron chi connectivity index (χ3n) is 17.5. The Kier molecular flexibility index (Phi) is 14.6. The topological polar surface area (TPSA) is 6.48 Å². The van der Waals surface area contributed by atoms with Gasteiger partial charge in [0.05, 0.1) is 0 Å². The molecule has 8 aliphatic rings. The number of nitrogens with zero attached hydrogens (tertiary/aromatic N) is 2. The molecule has 0 unspecified atom stereocenters. The SMILES string of the molecule is C1CCC(C(=C(C2CCCCC2)C2CCC(N(C3CCCCC3)C3CCCCC3)CC2)C2CCC(N(C3CCCCC3)C3CCCCC3)CC2)CC1. The molecule has 8 fully saturated rings. The van der Waals surface area contributed by atoms with Gasteiger partial charge in [0.15, 0.2) is 0 Å². The van der Waals surface area contributed by atoms with E-state index in [9.17, 15) is 0 Å². The van der Waals surface area contributed by atoms with Gasteiger partial charge in [-0.15, -0.1) is 0 Å². The van der Waals surface area contributed by atoms with Crippen LogP contribution in [-0.2, 0) is 0 Å². The van der Waals surface area contributed by atoms with Gasteiger partial charge in [0.25, 0.3) is 0 Å². The van der Waals surface area contributed by atoms with Crippen molar-refractivity contribution in [3.8, 4) is 0 Å². The fourth-order valence-corrected chi connectivity index (χ4v) is 15.1. The van der Waals surface area contributed by atoms with E-state index in [0.717, 1.165) is 59.9 Å². The minimum Gasteiger partial charge on any atom is -0.294 e. The minimum atomic E-state index is 0.897. The molecule has 2 heteroatoms. The number of hydrogen-bond donors (Lipinski definition) is 0. The molecule has 0 heterocycles. The monoisotopic (exact) mass is 715 g/mol. The Morgan fingerprint density at radius 2 is 0.385 bits per heavy atom. The Bertz CT molecular complexity index is 922. The van der Waals surface area contributed by atoms with Crippen molar-refractivity contribution in [3.05, 3.63) is 11.1 Å². The molecule has 52 heavy (non-hydrogen) atoms. The Morgan fingerprint density at radius 3 is 0.635 bits per heavy atom. The summed E-state index contributed by atoms with van der Waals surface area (Å²) in [5.74, 6) is 3.74. The van der Waals surface area contributed by atoms with Crippen molar-refractivity contribution in [1.29, 1.82) is 0 Å². The molecule has 2 nitrogen and oxygen atoms in total. The summed E-state index contributed by atoms with van der Waals surface area (Å²) in [4.78, 5) is 6.51. The van der Waals surface area contributed by atoms with Gasteiger partial charge in [0, 0.05) is 36.3 Å². The van der Waals surface area contributed by atoms with Crippen molar-refractivity contribution in [2.75, 3.05) is 0 Å². The number of rotatable bonds is 10. The van der Waals surface area contributed by atoms with Gasteiger partial charge in [0.2, 0.25) is 0 Å². The molecule has 0 aromatic carbocycles. The van der Waals surface area contributed by atoms with E-state index in [0.29, 0.717) is 0 Å². The van der Waals surface area contributed by atoms with Gasteiger partial charge in [-0.1, -0.05) is 127 Å². The molecule has 0 radical (unpaired) electrons. The van der Waals surface area contributed by atoms with E-state index in [1.165, 1.54) is 244 Å². The molecule has 0 atom stereocenters. The fourth-order valence-electron chi connectivity index (χ4n) is 15.1. The summed E-state index contributed by atoms with van der Waals surface area (Å²) in [5.41, 5.74) is 4.35. The molecule has 0 saturated heterocycles. The Labute approximate surface area is 323 Å². The first-order chi connectivity index (χ1) is 25.8. The second-order valence-corrected chi connectivity index (χ2v) is 20.7. The fraction of sp³-hybridized carbons (Fsp3) is 0.960. The van der Waals surface area contributed by atoms with E-state index in [1.54, 1.807) is 0 Å². The normalized spacial score (nSPS) is 34.5. The summed E-state index contributed by atoms with van der Waals surface area (Å²) in [7, 11) is 0. The van der Waals surface area contributed by atoms with Crippen molar-refractivity contribution in [2.24, 2.45) is 23.7 Å². The molecular weight excluding hydrogens is 629 g/mol. The molecule has 0 aliphatic heterocycles. The van der Waals surface area contributed by atoms with Gasteiger partial charge in [0.1, 0.15) is 0 Å². The lowest BCUT2D eigenvalue weighted by Crippen LogP contribution is -2.52. The van der Waals surface area contributed by atoms with Crippen LogP contribution in [0.2, 0.25) is 0 Å². The molecule has 8 saturated carbocycles. The van der Waals surface area contributed by atoms with Crippen molar-refractivity contribution in [2.45, 2.75) is 280 Å². The molecule has 0 bridgehead atoms. The van der Waals surface area contributed by atoms with Crippen LogP contribution in [0.15, 0.2) is 11.1 Å². The largest absolute Gasteiger partial charge is 0.294 e. The average molecular weight is 715 g/mol. The summed E-state index contributed by atoms with van der Waals surface area (Å²) >= 11 is 0. The van der Waals surface area contributed by atoms with Crippen molar-refractivity contribution < 1.29 is 0 Å². The lowest BCUT2D eigenvalue weighted by atomic mass is 9.63. The Hall–Kier alpha value is -0.340. The van der Waals surface area contributed by atoms with Crippen LogP contribution in [0.4, 0.5) is 0 Å². The van der Waals surface area contributed by atoms with Gasteiger partial charge in [-0.25, -0.2) is 0 Å². The highest BCUT2D eigenvalue weighted by Gasteiger charge is 2.42. The maximum absolute atomic E-state index is 3.26. The summed E-state index contributed by atoms with van der Waals surface area (Å²) in [6, 6.07) is 5.47. The minimum absolute atomic E-state index is 0.897. The van der Waals surface area contributed by atoms with E-state index in [-0.39, 0.29) is 0 Å². The molecule has 0 aromatic rings. The maximum atomic E-state index is 3.26. The third kappa shape index (κ3) is 9.43. The summed E-state index contributed by atoms with van der Waals surface area (Å²) in [5, 5.41) is 0. The van der Waals surface area contributed by atoms with Crippen LogP contribution in [0.25, 0.3) is 0 Å². The van der Waals surface area contributed by atoms with Crippen LogP contribution >= 0.6 is 0 Å². The molecule has 0 spiro atoms. The van der Waals surface area contributed by atoms with Crippen LogP contribution in [0.5, 0.6) is 0 Å². The molecule has 0 N–H and O–H groups in total. The van der Waals surface area contributed by atoms with Crippen LogP contribution in [0.1, 0.15) is 244 Å². The van der Waals surface area contributed by atoms with E-state index >= 15 is 0 Å². The van der Waals surface area contributed by atoms with Crippen molar-refractivity contribution >= 4 is 0 Å². The second kappa shape index (κ2) is 19.7. The number of hydrogen-bond acceptors (Lipinski definition) is 2. The third-order valence-corrected chi connectivity index (χ3v) is 17.5. The van der Waals surface area contributed by atoms with E-state index in [1.807, 2.05) is 0 Å². The zero-order chi connectivity index (χ0) is 35.0. The molecule has 8 rings (SSSR count). The quantitative estimate of drug-likeness (QED) is 0.208. The highest BCUT2D eigenvalue weighted by atomic mass is 15.2. The first kappa shape index (κ1) is 38.5. The summed E-state index contributed by atoms with van der Waals surface area (Å²) in [6.07, 6.45) is 57.6. The van der Waals surface area contributed by atoms with Gasteiger partial charge >= 0.3 is 0 Å². The molecular formula is C50H86N2. The van der Waals surface area contributed by atoms with Gasteiger partial charge in [-0.3, -0.25) is 9.80 Å². The standard InChI is InChI=1S/C50H86N2/c1-7-19-39(20-8-1)49(41-31-35-47(36-32-41)51(43-23-11-3-12-24-43)44-25-13-4-14-26-44)50(40-21-9-2-10-22-40)42-33-37-48(38-34-42)52(45-27-15-5-16-28-45)46-29-17-6-18-30-46/h39-48H,1-38H2.